The SMILES string of the molecule is CCC(CC)CC(NC)C12CC3CC(CC(C3)C1)C2. The predicted octanol–water partition coefficient (Wildman–Crippen LogP) is 4.62. The lowest BCUT2D eigenvalue weighted by Crippen LogP contribution is -2.55. The van der Waals surface area contributed by atoms with Crippen LogP contribution in [0.3, 0.4) is 0 Å². The average molecular weight is 263 g/mol. The topological polar surface area (TPSA) is 12.0 Å². The number of rotatable bonds is 6. The zero-order valence-electron chi connectivity index (χ0n) is 13.3. The Morgan fingerprint density at radius 3 is 1.79 bits per heavy atom. The minimum absolute atomic E-state index is 0.687. The van der Waals surface area contributed by atoms with Gasteiger partial charge in [0, 0.05) is 6.04 Å². The summed E-state index contributed by atoms with van der Waals surface area (Å²) >= 11 is 0. The maximum atomic E-state index is 3.76. The van der Waals surface area contributed by atoms with Crippen LogP contribution in [0.25, 0.3) is 0 Å². The molecular formula is C18H33N. The zero-order chi connectivity index (χ0) is 13.5. The first-order valence-electron chi connectivity index (χ1n) is 8.86. The van der Waals surface area contributed by atoms with Crippen LogP contribution in [0.5, 0.6) is 0 Å². The van der Waals surface area contributed by atoms with Gasteiger partial charge in [-0.25, -0.2) is 0 Å². The highest BCUT2D eigenvalue weighted by atomic mass is 14.9. The Hall–Kier alpha value is -0.0400. The highest BCUT2D eigenvalue weighted by Gasteiger charge is 2.53. The summed E-state index contributed by atoms with van der Waals surface area (Å²) in [5.74, 6) is 4.20. The van der Waals surface area contributed by atoms with Gasteiger partial charge >= 0.3 is 0 Å². The predicted molar refractivity (Wildman–Crippen MR) is 82.1 cm³/mol. The molecule has 19 heavy (non-hydrogen) atoms. The van der Waals surface area contributed by atoms with Gasteiger partial charge < -0.3 is 5.32 Å². The summed E-state index contributed by atoms with van der Waals surface area (Å²) < 4.78 is 0. The van der Waals surface area contributed by atoms with E-state index in [-0.39, 0.29) is 0 Å². The van der Waals surface area contributed by atoms with E-state index in [1.807, 2.05) is 0 Å². The summed E-state index contributed by atoms with van der Waals surface area (Å²) in [5, 5.41) is 3.76. The van der Waals surface area contributed by atoms with Gasteiger partial charge in [-0.05, 0) is 81.1 Å². The second kappa shape index (κ2) is 5.39. The number of hydrogen-bond donors (Lipinski definition) is 1. The molecule has 4 bridgehead atoms. The van der Waals surface area contributed by atoms with Crippen LogP contribution < -0.4 is 5.32 Å². The third kappa shape index (κ3) is 2.48. The Labute approximate surface area is 119 Å². The van der Waals surface area contributed by atoms with Gasteiger partial charge in [0.1, 0.15) is 0 Å². The molecule has 0 aromatic rings. The smallest absolute Gasteiger partial charge is 0.0123 e. The van der Waals surface area contributed by atoms with E-state index in [4.69, 9.17) is 0 Å². The van der Waals surface area contributed by atoms with Crippen LogP contribution in [0.4, 0.5) is 0 Å². The second-order valence-electron chi connectivity index (χ2n) is 8.04. The van der Waals surface area contributed by atoms with E-state index < -0.39 is 0 Å². The molecule has 4 aliphatic rings. The molecule has 1 N–H and O–H groups in total. The molecular weight excluding hydrogens is 230 g/mol. The first-order chi connectivity index (χ1) is 9.19. The molecule has 1 unspecified atom stereocenters. The van der Waals surface area contributed by atoms with Crippen molar-refractivity contribution in [3.05, 3.63) is 0 Å². The van der Waals surface area contributed by atoms with Crippen molar-refractivity contribution in [1.82, 2.24) is 5.32 Å². The molecule has 4 aliphatic carbocycles. The second-order valence-corrected chi connectivity index (χ2v) is 8.04. The largest absolute Gasteiger partial charge is 0.316 e. The molecule has 0 aromatic carbocycles. The normalized spacial score (nSPS) is 42.0. The van der Waals surface area contributed by atoms with Gasteiger partial charge in [0.15, 0.2) is 0 Å². The molecule has 0 spiro atoms. The quantitative estimate of drug-likeness (QED) is 0.737. The minimum atomic E-state index is 0.687. The fourth-order valence-electron chi connectivity index (χ4n) is 6.23. The van der Waals surface area contributed by atoms with E-state index in [1.54, 1.807) is 38.5 Å². The van der Waals surface area contributed by atoms with Crippen LogP contribution in [-0.2, 0) is 0 Å². The lowest BCUT2D eigenvalue weighted by molar-refractivity contribution is -0.0766. The first kappa shape index (κ1) is 13.9. The van der Waals surface area contributed by atoms with Crippen molar-refractivity contribution in [2.24, 2.45) is 29.1 Å². The van der Waals surface area contributed by atoms with Crippen LogP contribution in [0.1, 0.15) is 71.6 Å². The first-order valence-corrected chi connectivity index (χ1v) is 8.86. The van der Waals surface area contributed by atoms with Crippen LogP contribution in [0.15, 0.2) is 0 Å². The van der Waals surface area contributed by atoms with E-state index in [2.05, 4.69) is 26.2 Å². The van der Waals surface area contributed by atoms with Crippen LogP contribution in [-0.4, -0.2) is 13.1 Å². The molecule has 4 rings (SSSR count). The van der Waals surface area contributed by atoms with Crippen molar-refractivity contribution in [3.63, 3.8) is 0 Å². The summed E-state index contributed by atoms with van der Waals surface area (Å²) in [6, 6.07) is 0.797. The minimum Gasteiger partial charge on any atom is -0.316 e. The summed E-state index contributed by atoms with van der Waals surface area (Å²) in [6.45, 7) is 4.75. The summed E-state index contributed by atoms with van der Waals surface area (Å²) in [7, 11) is 2.23. The third-order valence-electron chi connectivity index (χ3n) is 6.90. The van der Waals surface area contributed by atoms with E-state index in [0.717, 1.165) is 29.7 Å². The van der Waals surface area contributed by atoms with E-state index >= 15 is 0 Å². The lowest BCUT2D eigenvalue weighted by atomic mass is 9.47. The van der Waals surface area contributed by atoms with E-state index in [0.29, 0.717) is 5.41 Å². The molecule has 4 fully saturated rings. The lowest BCUT2D eigenvalue weighted by Gasteiger charge is -2.60. The molecule has 110 valence electrons. The van der Waals surface area contributed by atoms with Crippen molar-refractivity contribution < 1.29 is 0 Å². The Morgan fingerprint density at radius 1 is 0.947 bits per heavy atom. The Kier molecular flexibility index (Phi) is 3.95. The van der Waals surface area contributed by atoms with Crippen LogP contribution in [0.2, 0.25) is 0 Å². The van der Waals surface area contributed by atoms with Gasteiger partial charge in [-0.15, -0.1) is 0 Å². The fraction of sp³-hybridized carbons (Fsp3) is 1.00. The van der Waals surface area contributed by atoms with Gasteiger partial charge in [0.05, 0.1) is 0 Å². The van der Waals surface area contributed by atoms with Gasteiger partial charge in [-0.1, -0.05) is 26.7 Å². The standard InChI is InChI=1S/C18H33N/c1-4-13(5-2)9-17(19-3)18-10-14-6-15(11-18)8-16(7-14)12-18/h13-17,19H,4-12H2,1-3H3. The highest BCUT2D eigenvalue weighted by Crippen LogP contribution is 2.61. The molecule has 4 saturated carbocycles. The molecule has 0 saturated heterocycles. The Balaban J connectivity index is 1.75. The molecule has 1 heteroatoms. The monoisotopic (exact) mass is 263 g/mol. The number of nitrogens with one attached hydrogen (secondary N) is 1. The van der Waals surface area contributed by atoms with Crippen LogP contribution >= 0.6 is 0 Å². The maximum absolute atomic E-state index is 3.76. The van der Waals surface area contributed by atoms with E-state index in [9.17, 15) is 0 Å². The van der Waals surface area contributed by atoms with Gasteiger partial charge in [0.25, 0.3) is 0 Å². The summed E-state index contributed by atoms with van der Waals surface area (Å²) in [4.78, 5) is 0. The molecule has 0 amide bonds. The number of hydrogen-bond acceptors (Lipinski definition) is 1. The van der Waals surface area contributed by atoms with Crippen molar-refractivity contribution in [3.8, 4) is 0 Å². The maximum Gasteiger partial charge on any atom is 0.0123 e. The van der Waals surface area contributed by atoms with Crippen molar-refractivity contribution in [2.75, 3.05) is 7.05 Å². The highest BCUT2D eigenvalue weighted by molar-refractivity contribution is 5.06. The molecule has 0 heterocycles. The van der Waals surface area contributed by atoms with Crippen LogP contribution in [0, 0.1) is 29.1 Å². The molecule has 0 radical (unpaired) electrons. The molecule has 0 aliphatic heterocycles. The summed E-state index contributed by atoms with van der Waals surface area (Å²) in [6.07, 6.45) is 13.5. The fourth-order valence-corrected chi connectivity index (χ4v) is 6.23. The Morgan fingerprint density at radius 2 is 1.42 bits per heavy atom. The van der Waals surface area contributed by atoms with Crippen molar-refractivity contribution in [1.29, 1.82) is 0 Å². The van der Waals surface area contributed by atoms with E-state index in [1.165, 1.54) is 19.3 Å². The van der Waals surface area contributed by atoms with Crippen molar-refractivity contribution in [2.45, 2.75) is 77.7 Å². The van der Waals surface area contributed by atoms with Crippen molar-refractivity contribution >= 4 is 0 Å². The Bertz CT molecular complexity index is 270. The van der Waals surface area contributed by atoms with Gasteiger partial charge in [0.2, 0.25) is 0 Å². The average Bonchev–Trinajstić information content (AvgIpc) is 2.38. The molecule has 1 nitrogen and oxygen atoms in total. The third-order valence-corrected chi connectivity index (χ3v) is 6.90. The molecule has 0 aromatic heterocycles. The van der Waals surface area contributed by atoms with Gasteiger partial charge in [-0.2, -0.15) is 0 Å². The van der Waals surface area contributed by atoms with Gasteiger partial charge in [-0.3, -0.25) is 0 Å². The summed E-state index contributed by atoms with van der Waals surface area (Å²) in [5.41, 5.74) is 0.687. The molecule has 1 atom stereocenters. The zero-order valence-corrected chi connectivity index (χ0v) is 13.3.